The number of carboxylic acids is 1. The molecule has 0 bridgehead atoms. The molecule has 0 aromatic heterocycles. The van der Waals surface area contributed by atoms with Crippen molar-refractivity contribution in [1.29, 1.82) is 0 Å². The Hall–Kier alpha value is -2.85. The van der Waals surface area contributed by atoms with E-state index in [4.69, 9.17) is 20.3 Å². The minimum absolute atomic E-state index is 0.214. The van der Waals surface area contributed by atoms with E-state index in [9.17, 15) is 39.3 Å². The number of nitrogens with one attached hydrogen (secondary N) is 3. The lowest BCUT2D eigenvalue weighted by atomic mass is 9.96. The minimum Gasteiger partial charge on any atom is -0.481 e. The van der Waals surface area contributed by atoms with Crippen LogP contribution in [0.5, 0.6) is 0 Å². The average molecular weight is 492 g/mol. The molecule has 15 nitrogen and oxygen atoms in total. The molecule has 4 amide bonds. The van der Waals surface area contributed by atoms with Gasteiger partial charge in [0.2, 0.25) is 23.6 Å². The Morgan fingerprint density at radius 1 is 1.12 bits per heavy atom. The fourth-order valence-electron chi connectivity index (χ4n) is 3.19. The molecule has 9 N–H and O–H groups in total. The zero-order chi connectivity index (χ0) is 26.0. The quantitative estimate of drug-likeness (QED) is 0.122. The van der Waals surface area contributed by atoms with E-state index in [1.165, 1.54) is 13.8 Å². The van der Waals surface area contributed by atoms with Gasteiger partial charge in [-0.05, 0) is 13.3 Å². The molecule has 0 radical (unpaired) electrons. The highest BCUT2D eigenvalue weighted by Gasteiger charge is 2.45. The fraction of sp³-hybridized carbons (Fsp3) is 0.737. The number of aliphatic carboxylic acids is 1. The molecule has 1 aliphatic heterocycles. The van der Waals surface area contributed by atoms with E-state index in [1.54, 1.807) is 0 Å². The summed E-state index contributed by atoms with van der Waals surface area (Å²) in [7, 11) is 0. The molecule has 7 unspecified atom stereocenters. The number of aliphatic hydroxyl groups excluding tert-OH is 3. The number of carbonyl (C=O) groups excluding carboxylic acids is 4. The number of carboxylic acid groups (broad SMARTS) is 1. The van der Waals surface area contributed by atoms with Gasteiger partial charge in [-0.25, -0.2) is 0 Å². The zero-order valence-electron chi connectivity index (χ0n) is 18.8. The molecule has 1 heterocycles. The van der Waals surface area contributed by atoms with Gasteiger partial charge in [0, 0.05) is 19.8 Å². The number of nitrogens with two attached hydrogens (primary N) is 1. The third-order valence-electron chi connectivity index (χ3n) is 4.96. The van der Waals surface area contributed by atoms with Crippen molar-refractivity contribution >= 4 is 29.6 Å². The van der Waals surface area contributed by atoms with E-state index < -0.39 is 85.4 Å². The first kappa shape index (κ1) is 29.2. The van der Waals surface area contributed by atoms with Crippen LogP contribution in [-0.4, -0.2) is 106 Å². The van der Waals surface area contributed by atoms with Gasteiger partial charge in [0.05, 0.1) is 13.2 Å². The second-order valence-electron chi connectivity index (χ2n) is 7.74. The number of hydrogen-bond donors (Lipinski definition) is 8. The van der Waals surface area contributed by atoms with Gasteiger partial charge >= 0.3 is 5.97 Å². The summed E-state index contributed by atoms with van der Waals surface area (Å²) in [5.41, 5.74) is 5.15. The standard InChI is InChI=1S/C19H32N4O11/c1-8(18(31)23-10(17(20)30)3-4-13(27)28)21-12(26)5-6-33-16-14(22-9(2)25)19(32)34-11(7-24)15(16)29/h8,10-11,14-16,19,24,29,32H,3-7H2,1-2H3,(H2,20,30)(H,21,26)(H,22,25)(H,23,31)(H,27,28). The lowest BCUT2D eigenvalue weighted by Crippen LogP contribution is -2.64. The molecular formula is C19H32N4O11. The molecule has 194 valence electrons. The highest BCUT2D eigenvalue weighted by molar-refractivity contribution is 5.91. The summed E-state index contributed by atoms with van der Waals surface area (Å²) in [5.74, 6) is -4.03. The zero-order valence-corrected chi connectivity index (χ0v) is 18.8. The van der Waals surface area contributed by atoms with Crippen molar-refractivity contribution in [2.24, 2.45) is 5.73 Å². The predicted octanol–water partition coefficient (Wildman–Crippen LogP) is -4.32. The molecule has 0 aromatic rings. The van der Waals surface area contributed by atoms with Crippen molar-refractivity contribution < 1.29 is 53.9 Å². The number of rotatable bonds is 13. The van der Waals surface area contributed by atoms with Crippen LogP contribution in [0.2, 0.25) is 0 Å². The van der Waals surface area contributed by atoms with E-state index in [0.717, 1.165) is 0 Å². The fourth-order valence-corrected chi connectivity index (χ4v) is 3.19. The summed E-state index contributed by atoms with van der Waals surface area (Å²) in [4.78, 5) is 57.8. The number of aliphatic hydroxyl groups is 3. The summed E-state index contributed by atoms with van der Waals surface area (Å²) in [5, 5.41) is 45.4. The molecule has 0 aromatic carbocycles. The second kappa shape index (κ2) is 13.8. The van der Waals surface area contributed by atoms with Crippen LogP contribution in [0, 0.1) is 0 Å². The monoisotopic (exact) mass is 492 g/mol. The molecule has 0 aliphatic carbocycles. The van der Waals surface area contributed by atoms with Crippen LogP contribution in [0.15, 0.2) is 0 Å². The van der Waals surface area contributed by atoms with Crippen LogP contribution in [0.3, 0.4) is 0 Å². The first-order valence-electron chi connectivity index (χ1n) is 10.5. The lowest BCUT2D eigenvalue weighted by molar-refractivity contribution is -0.261. The van der Waals surface area contributed by atoms with Gasteiger partial charge in [-0.1, -0.05) is 0 Å². The molecule has 1 aliphatic rings. The number of amides is 4. The molecule has 15 heteroatoms. The summed E-state index contributed by atoms with van der Waals surface area (Å²) < 4.78 is 10.5. The van der Waals surface area contributed by atoms with E-state index in [-0.39, 0.29) is 19.4 Å². The summed E-state index contributed by atoms with van der Waals surface area (Å²) in [6.45, 7) is 1.60. The maximum atomic E-state index is 12.2. The lowest BCUT2D eigenvalue weighted by Gasteiger charge is -2.42. The Morgan fingerprint density at radius 3 is 2.29 bits per heavy atom. The third kappa shape index (κ3) is 9.18. The van der Waals surface area contributed by atoms with Crippen LogP contribution in [-0.2, 0) is 33.4 Å². The SMILES string of the molecule is CC(=O)NC1C(O)OC(CO)C(O)C1OCCC(=O)NC(C)C(=O)NC(CCC(=O)O)C(N)=O. The number of hydrogen-bond acceptors (Lipinski definition) is 10. The van der Waals surface area contributed by atoms with Crippen LogP contribution in [0.4, 0.5) is 0 Å². The van der Waals surface area contributed by atoms with Crippen LogP contribution in [0.25, 0.3) is 0 Å². The van der Waals surface area contributed by atoms with E-state index in [0.29, 0.717) is 0 Å². The van der Waals surface area contributed by atoms with Crippen LogP contribution < -0.4 is 21.7 Å². The predicted molar refractivity (Wildman–Crippen MR) is 112 cm³/mol. The van der Waals surface area contributed by atoms with Gasteiger partial charge < -0.3 is 51.6 Å². The largest absolute Gasteiger partial charge is 0.481 e. The highest BCUT2D eigenvalue weighted by Crippen LogP contribution is 2.22. The van der Waals surface area contributed by atoms with Crippen molar-refractivity contribution in [2.45, 2.75) is 75.8 Å². The Bertz CT molecular complexity index is 750. The maximum Gasteiger partial charge on any atom is 0.303 e. The molecule has 1 rings (SSSR count). The van der Waals surface area contributed by atoms with Crippen LogP contribution >= 0.6 is 0 Å². The summed E-state index contributed by atoms with van der Waals surface area (Å²) >= 11 is 0. The number of carbonyl (C=O) groups is 5. The van der Waals surface area contributed by atoms with E-state index >= 15 is 0 Å². The molecule has 0 saturated carbocycles. The maximum absolute atomic E-state index is 12.2. The first-order valence-corrected chi connectivity index (χ1v) is 10.5. The Morgan fingerprint density at radius 2 is 1.76 bits per heavy atom. The number of primary amides is 1. The van der Waals surface area contributed by atoms with E-state index in [2.05, 4.69) is 16.0 Å². The molecule has 34 heavy (non-hydrogen) atoms. The number of ether oxygens (including phenoxy) is 2. The Kier molecular flexibility index (Phi) is 11.8. The summed E-state index contributed by atoms with van der Waals surface area (Å²) in [6, 6.07) is -3.49. The Balaban J connectivity index is 2.60. The van der Waals surface area contributed by atoms with Crippen molar-refractivity contribution in [3.63, 3.8) is 0 Å². The van der Waals surface area contributed by atoms with Gasteiger partial charge in [-0.15, -0.1) is 0 Å². The molecule has 0 spiro atoms. The van der Waals surface area contributed by atoms with Crippen molar-refractivity contribution in [3.05, 3.63) is 0 Å². The average Bonchev–Trinajstić information content (AvgIpc) is 2.74. The Labute approximate surface area is 195 Å². The summed E-state index contributed by atoms with van der Waals surface area (Å²) in [6.07, 6.45) is -6.28. The van der Waals surface area contributed by atoms with Gasteiger partial charge in [0.1, 0.15) is 36.4 Å². The minimum atomic E-state index is -1.58. The normalized spacial score (nSPS) is 26.1. The van der Waals surface area contributed by atoms with Crippen LogP contribution in [0.1, 0.15) is 33.1 Å². The van der Waals surface area contributed by atoms with Gasteiger partial charge in [0.25, 0.3) is 0 Å². The first-order chi connectivity index (χ1) is 15.9. The van der Waals surface area contributed by atoms with E-state index in [1.807, 2.05) is 0 Å². The highest BCUT2D eigenvalue weighted by atomic mass is 16.6. The third-order valence-corrected chi connectivity index (χ3v) is 4.96. The van der Waals surface area contributed by atoms with Crippen molar-refractivity contribution in [3.8, 4) is 0 Å². The van der Waals surface area contributed by atoms with Crippen molar-refractivity contribution in [1.82, 2.24) is 16.0 Å². The molecule has 1 saturated heterocycles. The van der Waals surface area contributed by atoms with Crippen molar-refractivity contribution in [2.75, 3.05) is 13.2 Å². The molecule has 7 atom stereocenters. The topological polar surface area (TPSA) is 247 Å². The molecule has 1 fully saturated rings. The van der Waals surface area contributed by atoms with Gasteiger partial charge in [0.15, 0.2) is 6.29 Å². The molecular weight excluding hydrogens is 460 g/mol. The van der Waals surface area contributed by atoms with Gasteiger partial charge in [-0.3, -0.25) is 24.0 Å². The second-order valence-corrected chi connectivity index (χ2v) is 7.74. The van der Waals surface area contributed by atoms with Gasteiger partial charge in [-0.2, -0.15) is 0 Å². The smallest absolute Gasteiger partial charge is 0.303 e.